The molecular formula is C29H52N5O4P. The van der Waals surface area contributed by atoms with Gasteiger partial charge in [0.05, 0.1) is 19.1 Å². The van der Waals surface area contributed by atoms with E-state index in [-0.39, 0.29) is 12.8 Å². The summed E-state index contributed by atoms with van der Waals surface area (Å²) in [6, 6.07) is 0. The predicted octanol–water partition coefficient (Wildman–Crippen LogP) is 7.44. The van der Waals surface area contributed by atoms with E-state index in [0.29, 0.717) is 43.0 Å². The number of anilines is 1. The van der Waals surface area contributed by atoms with Crippen LogP contribution in [0.3, 0.4) is 0 Å². The largest absolute Gasteiger partial charge is 0.382 e. The molecule has 0 aromatic carbocycles. The number of unbranched alkanes of at least 4 members (excludes halogenated alkanes) is 13. The van der Waals surface area contributed by atoms with Gasteiger partial charge < -0.3 is 24.5 Å². The van der Waals surface area contributed by atoms with E-state index in [2.05, 4.69) is 21.9 Å². The molecule has 0 fully saturated rings. The van der Waals surface area contributed by atoms with E-state index < -0.39 is 7.60 Å². The Bertz CT molecular complexity index is 968. The van der Waals surface area contributed by atoms with E-state index in [9.17, 15) is 9.46 Å². The van der Waals surface area contributed by atoms with Crippen molar-refractivity contribution in [2.24, 2.45) is 0 Å². The minimum Gasteiger partial charge on any atom is -0.382 e. The minimum absolute atomic E-state index is 0.0865. The molecule has 1 atom stereocenters. The van der Waals surface area contributed by atoms with Gasteiger partial charge in [-0.05, 0) is 19.3 Å². The molecule has 39 heavy (non-hydrogen) atoms. The average Bonchev–Trinajstić information content (AvgIpc) is 3.34. The van der Waals surface area contributed by atoms with Gasteiger partial charge in [-0.15, -0.1) is 0 Å². The lowest BCUT2D eigenvalue weighted by atomic mass is 10.0. The van der Waals surface area contributed by atoms with Crippen molar-refractivity contribution in [3.05, 3.63) is 24.8 Å². The lowest BCUT2D eigenvalue weighted by Crippen LogP contribution is -2.02. The van der Waals surface area contributed by atoms with E-state index in [1.807, 2.05) is 16.7 Å². The fourth-order valence-electron chi connectivity index (χ4n) is 4.51. The van der Waals surface area contributed by atoms with Gasteiger partial charge in [-0.25, -0.2) is 15.0 Å². The van der Waals surface area contributed by atoms with Crippen molar-refractivity contribution >= 4 is 24.6 Å². The van der Waals surface area contributed by atoms with E-state index in [1.54, 1.807) is 6.33 Å². The third-order valence-electron chi connectivity index (χ3n) is 6.84. The molecule has 0 saturated carbocycles. The second kappa shape index (κ2) is 21.0. The Morgan fingerprint density at radius 2 is 1.46 bits per heavy atom. The van der Waals surface area contributed by atoms with Gasteiger partial charge in [0.2, 0.25) is 0 Å². The average molecular weight is 566 g/mol. The van der Waals surface area contributed by atoms with Crippen LogP contribution in [-0.4, -0.2) is 50.4 Å². The third-order valence-corrected chi connectivity index (χ3v) is 8.25. The van der Waals surface area contributed by atoms with E-state index in [0.717, 1.165) is 13.0 Å². The van der Waals surface area contributed by atoms with E-state index >= 15 is 0 Å². The zero-order chi connectivity index (χ0) is 28.0. The predicted molar refractivity (Wildman–Crippen MR) is 160 cm³/mol. The number of ether oxygens (including phenoxy) is 1. The number of nitrogens with zero attached hydrogens (tertiary/aromatic N) is 4. The lowest BCUT2D eigenvalue weighted by molar-refractivity contribution is 0.113. The summed E-state index contributed by atoms with van der Waals surface area (Å²) in [4.78, 5) is 22.4. The van der Waals surface area contributed by atoms with Crippen LogP contribution in [0.5, 0.6) is 0 Å². The summed E-state index contributed by atoms with van der Waals surface area (Å²) in [5.74, 6) is 0.348. The van der Waals surface area contributed by atoms with Crippen molar-refractivity contribution in [3.8, 4) is 0 Å². The quantitative estimate of drug-likeness (QED) is 0.0722. The van der Waals surface area contributed by atoms with Gasteiger partial charge in [-0.3, -0.25) is 4.57 Å². The molecule has 2 rings (SSSR count). The maximum Gasteiger partial charge on any atom is 0.328 e. The van der Waals surface area contributed by atoms with Gasteiger partial charge in [0.1, 0.15) is 11.8 Å². The highest BCUT2D eigenvalue weighted by Crippen LogP contribution is 2.42. The molecule has 0 aliphatic heterocycles. The molecule has 2 aromatic heterocycles. The minimum atomic E-state index is -3.59. The summed E-state index contributed by atoms with van der Waals surface area (Å²) in [6.07, 6.45) is 26.8. The second-order valence-corrected chi connectivity index (χ2v) is 12.3. The SMILES string of the molecule is CCCCCCCCCCCCCCCCOCCCOP(=O)(O)CC/C=C\Cn1cnc2c(N)ncnc21. The van der Waals surface area contributed by atoms with Crippen LogP contribution < -0.4 is 5.73 Å². The number of aromatic nitrogens is 4. The highest BCUT2D eigenvalue weighted by Gasteiger charge is 2.17. The van der Waals surface area contributed by atoms with Crippen molar-refractivity contribution in [2.75, 3.05) is 31.7 Å². The van der Waals surface area contributed by atoms with Gasteiger partial charge in [-0.1, -0.05) is 103 Å². The van der Waals surface area contributed by atoms with Crippen LogP contribution in [0.25, 0.3) is 11.2 Å². The second-order valence-electron chi connectivity index (χ2n) is 10.3. The molecule has 0 amide bonds. The Morgan fingerprint density at radius 3 is 2.13 bits per heavy atom. The Labute approximate surface area is 235 Å². The monoisotopic (exact) mass is 565 g/mol. The molecule has 2 aromatic rings. The number of allylic oxidation sites excluding steroid dienone is 2. The fraction of sp³-hybridized carbons (Fsp3) is 0.759. The molecular weight excluding hydrogens is 513 g/mol. The molecule has 0 spiro atoms. The summed E-state index contributed by atoms with van der Waals surface area (Å²) in [6.45, 7) is 4.36. The number of nitrogens with two attached hydrogens (primary N) is 1. The van der Waals surface area contributed by atoms with Gasteiger partial charge in [0.25, 0.3) is 0 Å². The molecule has 9 nitrogen and oxygen atoms in total. The normalized spacial score (nSPS) is 13.5. The van der Waals surface area contributed by atoms with Gasteiger partial charge in [0, 0.05) is 19.8 Å². The molecule has 0 aliphatic carbocycles. The Hall–Kier alpha value is -1.80. The van der Waals surface area contributed by atoms with Crippen LogP contribution in [0, 0.1) is 0 Å². The Kier molecular flexibility index (Phi) is 18.0. The topological polar surface area (TPSA) is 125 Å². The van der Waals surface area contributed by atoms with Crippen molar-refractivity contribution in [2.45, 2.75) is 116 Å². The van der Waals surface area contributed by atoms with E-state index in [1.165, 1.54) is 89.8 Å². The highest BCUT2D eigenvalue weighted by molar-refractivity contribution is 7.52. The number of hydrogen-bond donors (Lipinski definition) is 2. The summed E-state index contributed by atoms with van der Waals surface area (Å²) >= 11 is 0. The van der Waals surface area contributed by atoms with Gasteiger partial charge in [0.15, 0.2) is 11.5 Å². The maximum atomic E-state index is 12.2. The van der Waals surface area contributed by atoms with Crippen LogP contribution in [0.2, 0.25) is 0 Å². The fourth-order valence-corrected chi connectivity index (χ4v) is 5.53. The summed E-state index contributed by atoms with van der Waals surface area (Å²) < 4.78 is 24.9. The highest BCUT2D eigenvalue weighted by atomic mass is 31.2. The zero-order valence-electron chi connectivity index (χ0n) is 24.1. The molecule has 3 N–H and O–H groups in total. The third kappa shape index (κ3) is 15.5. The number of rotatable bonds is 25. The smallest absolute Gasteiger partial charge is 0.328 e. The first-order chi connectivity index (χ1) is 19.0. The molecule has 222 valence electrons. The maximum absolute atomic E-state index is 12.2. The summed E-state index contributed by atoms with van der Waals surface area (Å²) in [7, 11) is -3.59. The van der Waals surface area contributed by atoms with Crippen molar-refractivity contribution in [3.63, 3.8) is 0 Å². The molecule has 0 bridgehead atoms. The van der Waals surface area contributed by atoms with Crippen LogP contribution in [0.15, 0.2) is 24.8 Å². The molecule has 0 saturated heterocycles. The molecule has 0 radical (unpaired) electrons. The van der Waals surface area contributed by atoms with Gasteiger partial charge >= 0.3 is 7.60 Å². The number of imidazole rings is 1. The van der Waals surface area contributed by atoms with Crippen molar-refractivity contribution in [1.82, 2.24) is 19.5 Å². The Morgan fingerprint density at radius 1 is 0.846 bits per heavy atom. The molecule has 10 heteroatoms. The summed E-state index contributed by atoms with van der Waals surface area (Å²) in [5.41, 5.74) is 7.03. The first kappa shape index (κ1) is 33.4. The molecule has 0 aliphatic rings. The van der Waals surface area contributed by atoms with Crippen molar-refractivity contribution in [1.29, 1.82) is 0 Å². The summed E-state index contributed by atoms with van der Waals surface area (Å²) in [5, 5.41) is 0. The van der Waals surface area contributed by atoms with Gasteiger partial charge in [-0.2, -0.15) is 0 Å². The Balaban J connectivity index is 1.35. The molecule has 1 unspecified atom stereocenters. The van der Waals surface area contributed by atoms with Crippen molar-refractivity contribution < 1.29 is 18.7 Å². The zero-order valence-corrected chi connectivity index (χ0v) is 25.0. The number of hydrogen-bond acceptors (Lipinski definition) is 7. The number of fused-ring (bicyclic) bond motifs is 1. The van der Waals surface area contributed by atoms with Crippen LogP contribution in [0.4, 0.5) is 5.82 Å². The molecule has 2 heterocycles. The first-order valence-electron chi connectivity index (χ1n) is 15.1. The van der Waals surface area contributed by atoms with Crippen LogP contribution >= 0.6 is 7.60 Å². The lowest BCUT2D eigenvalue weighted by Gasteiger charge is -2.11. The van der Waals surface area contributed by atoms with Crippen LogP contribution in [-0.2, 0) is 20.4 Å². The number of nitrogen functional groups attached to an aromatic ring is 1. The van der Waals surface area contributed by atoms with E-state index in [4.69, 9.17) is 15.0 Å². The van der Waals surface area contributed by atoms with Crippen LogP contribution in [0.1, 0.15) is 110 Å². The first-order valence-corrected chi connectivity index (χ1v) is 16.9. The standard InChI is InChI=1S/C29H52N5O4P/c1-2-3-4-5-6-7-8-9-10-11-12-13-14-17-21-37-22-19-23-38-39(35,36)24-18-15-16-20-34-26-33-27-28(30)31-25-32-29(27)34/h15-16,25-26H,2-14,17-24H2,1H3,(H,35,36)(H2,30,31,32)/b16-15-.